The minimum Gasteiger partial charge on any atom is -0.397 e. The smallest absolute Gasteiger partial charge is 0.102 e. The number of nitrogen functional groups attached to an aromatic ring is 1. The summed E-state index contributed by atoms with van der Waals surface area (Å²) in [7, 11) is 0. The van der Waals surface area contributed by atoms with Gasteiger partial charge in [-0.2, -0.15) is 5.26 Å². The van der Waals surface area contributed by atoms with E-state index in [0.29, 0.717) is 11.3 Å². The number of anilines is 1. The monoisotopic (exact) mass is 219 g/mol. The second-order valence-corrected chi connectivity index (χ2v) is 3.87. The maximum Gasteiger partial charge on any atom is 0.102 e. The molecule has 0 aliphatic heterocycles. The SMILES string of the molecule is N#Cc1c(N)c2cnccc2c2ccccc12. The van der Waals surface area contributed by atoms with E-state index >= 15 is 0 Å². The summed E-state index contributed by atoms with van der Waals surface area (Å²) in [4.78, 5) is 4.07. The van der Waals surface area contributed by atoms with E-state index in [1.807, 2.05) is 30.3 Å². The molecule has 2 N–H and O–H groups in total. The van der Waals surface area contributed by atoms with E-state index in [-0.39, 0.29) is 0 Å². The molecule has 17 heavy (non-hydrogen) atoms. The first-order valence-electron chi connectivity index (χ1n) is 5.27. The predicted octanol–water partition coefficient (Wildman–Crippen LogP) is 2.84. The van der Waals surface area contributed by atoms with Crippen LogP contribution in [0.2, 0.25) is 0 Å². The number of nitrogens with zero attached hydrogens (tertiary/aromatic N) is 2. The van der Waals surface area contributed by atoms with E-state index in [4.69, 9.17) is 5.73 Å². The van der Waals surface area contributed by atoms with Gasteiger partial charge < -0.3 is 5.73 Å². The van der Waals surface area contributed by atoms with Crippen LogP contribution in [0.4, 0.5) is 5.69 Å². The number of nitriles is 1. The molecular weight excluding hydrogens is 210 g/mol. The molecule has 0 spiro atoms. The highest BCUT2D eigenvalue weighted by Crippen LogP contribution is 2.33. The van der Waals surface area contributed by atoms with Crippen molar-refractivity contribution in [2.75, 3.05) is 5.73 Å². The van der Waals surface area contributed by atoms with Gasteiger partial charge in [-0.05, 0) is 16.8 Å². The molecule has 0 fully saturated rings. The maximum absolute atomic E-state index is 9.23. The Balaban J connectivity index is 2.70. The predicted molar refractivity (Wildman–Crippen MR) is 68.4 cm³/mol. The van der Waals surface area contributed by atoms with Crippen LogP contribution < -0.4 is 5.73 Å². The molecule has 3 nitrogen and oxygen atoms in total. The van der Waals surface area contributed by atoms with Gasteiger partial charge in [-0.3, -0.25) is 4.98 Å². The Morgan fingerprint density at radius 2 is 1.71 bits per heavy atom. The fourth-order valence-corrected chi connectivity index (χ4v) is 2.18. The average Bonchev–Trinajstić information content (AvgIpc) is 2.40. The van der Waals surface area contributed by atoms with Crippen molar-refractivity contribution in [1.29, 1.82) is 5.26 Å². The molecule has 80 valence electrons. The van der Waals surface area contributed by atoms with Gasteiger partial charge in [0, 0.05) is 23.2 Å². The second-order valence-electron chi connectivity index (χ2n) is 3.87. The van der Waals surface area contributed by atoms with Crippen LogP contribution in [0.3, 0.4) is 0 Å². The van der Waals surface area contributed by atoms with E-state index in [1.54, 1.807) is 12.4 Å². The van der Waals surface area contributed by atoms with Crippen LogP contribution >= 0.6 is 0 Å². The van der Waals surface area contributed by atoms with Crippen LogP contribution in [-0.4, -0.2) is 4.98 Å². The third-order valence-electron chi connectivity index (χ3n) is 2.98. The van der Waals surface area contributed by atoms with Crippen LogP contribution in [0.25, 0.3) is 21.5 Å². The van der Waals surface area contributed by atoms with Gasteiger partial charge in [0.1, 0.15) is 6.07 Å². The van der Waals surface area contributed by atoms with Crippen LogP contribution in [0, 0.1) is 11.3 Å². The molecule has 0 saturated carbocycles. The van der Waals surface area contributed by atoms with Crippen molar-refractivity contribution < 1.29 is 0 Å². The molecule has 0 atom stereocenters. The highest BCUT2D eigenvalue weighted by Gasteiger charge is 2.10. The van der Waals surface area contributed by atoms with Crippen molar-refractivity contribution in [3.8, 4) is 6.07 Å². The summed E-state index contributed by atoms with van der Waals surface area (Å²) >= 11 is 0. The third kappa shape index (κ3) is 1.25. The number of hydrogen-bond donors (Lipinski definition) is 1. The quantitative estimate of drug-likeness (QED) is 0.467. The largest absolute Gasteiger partial charge is 0.397 e. The summed E-state index contributed by atoms with van der Waals surface area (Å²) in [5.74, 6) is 0. The second kappa shape index (κ2) is 3.46. The number of fused-ring (bicyclic) bond motifs is 3. The topological polar surface area (TPSA) is 62.7 Å². The Morgan fingerprint density at radius 1 is 1.00 bits per heavy atom. The fourth-order valence-electron chi connectivity index (χ4n) is 2.18. The lowest BCUT2D eigenvalue weighted by Gasteiger charge is -2.09. The van der Waals surface area contributed by atoms with Gasteiger partial charge in [0.15, 0.2) is 0 Å². The first-order chi connectivity index (χ1) is 8.33. The van der Waals surface area contributed by atoms with E-state index in [0.717, 1.165) is 21.5 Å². The molecular formula is C14H9N3. The molecule has 0 bridgehead atoms. The molecule has 3 rings (SSSR count). The number of pyridine rings is 1. The van der Waals surface area contributed by atoms with Crippen LogP contribution in [0.5, 0.6) is 0 Å². The van der Waals surface area contributed by atoms with Crippen molar-refractivity contribution in [2.24, 2.45) is 0 Å². The molecule has 0 aliphatic rings. The lowest BCUT2D eigenvalue weighted by atomic mass is 9.97. The third-order valence-corrected chi connectivity index (χ3v) is 2.98. The number of rotatable bonds is 0. The Kier molecular flexibility index (Phi) is 1.96. The minimum absolute atomic E-state index is 0.509. The zero-order valence-corrected chi connectivity index (χ0v) is 9.01. The standard InChI is InChI=1S/C14H9N3/c15-7-12-10-4-2-1-3-9(10)11-5-6-17-8-13(11)14(12)16/h1-6,8H,16H2. The number of hydrogen-bond acceptors (Lipinski definition) is 3. The van der Waals surface area contributed by atoms with Crippen molar-refractivity contribution in [1.82, 2.24) is 4.98 Å². The summed E-state index contributed by atoms with van der Waals surface area (Å²) in [6.07, 6.45) is 3.44. The van der Waals surface area contributed by atoms with E-state index < -0.39 is 0 Å². The van der Waals surface area contributed by atoms with E-state index in [2.05, 4.69) is 11.1 Å². The van der Waals surface area contributed by atoms with Crippen LogP contribution in [0.15, 0.2) is 42.7 Å². The fraction of sp³-hybridized carbons (Fsp3) is 0. The molecule has 1 aromatic heterocycles. The number of benzene rings is 2. The van der Waals surface area contributed by atoms with Crippen molar-refractivity contribution in [3.63, 3.8) is 0 Å². The molecule has 0 unspecified atom stereocenters. The number of aromatic nitrogens is 1. The van der Waals surface area contributed by atoms with Gasteiger partial charge in [0.2, 0.25) is 0 Å². The first-order valence-corrected chi connectivity index (χ1v) is 5.27. The van der Waals surface area contributed by atoms with Crippen molar-refractivity contribution >= 4 is 27.2 Å². The summed E-state index contributed by atoms with van der Waals surface area (Å²) in [6, 6.07) is 11.9. The Hall–Kier alpha value is -2.60. The Morgan fingerprint density at radius 3 is 2.47 bits per heavy atom. The molecule has 1 heterocycles. The van der Waals surface area contributed by atoms with Crippen LogP contribution in [-0.2, 0) is 0 Å². The van der Waals surface area contributed by atoms with Gasteiger partial charge in [-0.25, -0.2) is 0 Å². The molecule has 0 radical (unpaired) electrons. The number of nitrogens with two attached hydrogens (primary N) is 1. The molecule has 3 heteroatoms. The van der Waals surface area contributed by atoms with Gasteiger partial charge in [0.05, 0.1) is 11.3 Å². The lowest BCUT2D eigenvalue weighted by molar-refractivity contribution is 1.37. The normalized spacial score (nSPS) is 10.5. The maximum atomic E-state index is 9.23. The Labute approximate surface area is 98.1 Å². The van der Waals surface area contributed by atoms with Gasteiger partial charge in [0.25, 0.3) is 0 Å². The summed E-state index contributed by atoms with van der Waals surface area (Å²) < 4.78 is 0. The summed E-state index contributed by atoms with van der Waals surface area (Å²) in [5, 5.41) is 13.0. The molecule has 2 aromatic carbocycles. The average molecular weight is 219 g/mol. The van der Waals surface area contributed by atoms with Gasteiger partial charge in [-0.15, -0.1) is 0 Å². The van der Waals surface area contributed by atoms with Gasteiger partial charge >= 0.3 is 0 Å². The molecule has 0 amide bonds. The van der Waals surface area contributed by atoms with E-state index in [1.165, 1.54) is 0 Å². The van der Waals surface area contributed by atoms with Crippen LogP contribution in [0.1, 0.15) is 5.56 Å². The highest BCUT2D eigenvalue weighted by atomic mass is 14.6. The summed E-state index contributed by atoms with van der Waals surface area (Å²) in [6.45, 7) is 0. The Bertz CT molecular complexity index is 769. The van der Waals surface area contributed by atoms with Crippen molar-refractivity contribution in [3.05, 3.63) is 48.3 Å². The lowest BCUT2D eigenvalue weighted by Crippen LogP contribution is -1.94. The molecule has 0 saturated heterocycles. The van der Waals surface area contributed by atoms with Gasteiger partial charge in [-0.1, -0.05) is 24.3 Å². The zero-order valence-electron chi connectivity index (χ0n) is 9.01. The van der Waals surface area contributed by atoms with E-state index in [9.17, 15) is 5.26 Å². The van der Waals surface area contributed by atoms with Crippen molar-refractivity contribution in [2.45, 2.75) is 0 Å². The zero-order chi connectivity index (χ0) is 11.8. The molecule has 3 aromatic rings. The first kappa shape index (κ1) is 9.61. The minimum atomic E-state index is 0.509. The molecule has 0 aliphatic carbocycles. The summed E-state index contributed by atoms with van der Waals surface area (Å²) in [5.41, 5.74) is 7.07. The highest BCUT2D eigenvalue weighted by molar-refractivity contribution is 6.15.